The van der Waals surface area contributed by atoms with Crippen molar-refractivity contribution in [2.24, 2.45) is 0 Å². The molecule has 0 amide bonds. The second-order valence-electron chi connectivity index (χ2n) is 23.4. The Balaban J connectivity index is 0.000000400. The third kappa shape index (κ3) is 24.5. The van der Waals surface area contributed by atoms with Crippen LogP contribution in [0.2, 0.25) is 0 Å². The van der Waals surface area contributed by atoms with Gasteiger partial charge in [0, 0.05) is 112 Å². The van der Waals surface area contributed by atoms with Crippen molar-refractivity contribution in [1.82, 2.24) is 14.1 Å². The number of terminal acetylenes is 1. The Hall–Kier alpha value is -5.62. The summed E-state index contributed by atoms with van der Waals surface area (Å²) in [5.74, 6) is 1.38. The second kappa shape index (κ2) is 42.8. The number of halogens is 1. The van der Waals surface area contributed by atoms with E-state index in [2.05, 4.69) is 214 Å². The molecule has 2 unspecified atom stereocenters. The van der Waals surface area contributed by atoms with E-state index in [1.807, 2.05) is 81.4 Å². The van der Waals surface area contributed by atoms with Crippen LogP contribution in [0.5, 0.6) is 0 Å². The molecule has 9 nitrogen and oxygen atoms in total. The van der Waals surface area contributed by atoms with Gasteiger partial charge in [-0.05, 0) is 182 Å². The molecule has 0 aliphatic heterocycles. The summed E-state index contributed by atoms with van der Waals surface area (Å²) in [5, 5.41) is 12.9. The number of rotatable bonds is 6. The van der Waals surface area contributed by atoms with Crippen molar-refractivity contribution in [3.8, 4) is 46.1 Å². The maximum atomic E-state index is 11.3. The SMILES string of the molecule is BrC1C=CCCC1.C.C#CC.Cc1ccc(N)cc1.Cc1ccc([NH-])c(C)c1.Cc1ccc2[nH]c(-c3ccccc3)cc2c1.Cc1ccc2c(c1)cc(-c1ccccc1)n2C1C=CCCC1.O.O=C(O)c1ccc2c(c1)cc(-c1ccccc1)n2C1CCCCC1.[Ac].[Cs+].[HH].[OH-]. The van der Waals surface area contributed by atoms with Crippen molar-refractivity contribution < 1.29 is 135 Å². The first-order chi connectivity index (χ1) is 43.2. The van der Waals surface area contributed by atoms with Gasteiger partial charge in [0.25, 0.3) is 0 Å². The molecule has 3 heterocycles. The van der Waals surface area contributed by atoms with Gasteiger partial charge in [-0.3, -0.25) is 0 Å². The molecule has 8 aromatic carbocycles. The minimum atomic E-state index is -0.872. The summed E-state index contributed by atoms with van der Waals surface area (Å²) in [5.41, 5.74) is 31.8. The van der Waals surface area contributed by atoms with Crippen LogP contribution in [0.3, 0.4) is 0 Å². The Bertz CT molecular complexity index is 4120. The Morgan fingerprint density at radius 2 is 1.06 bits per heavy atom. The first-order valence-electron chi connectivity index (χ1n) is 31.4. The summed E-state index contributed by atoms with van der Waals surface area (Å²) in [6.45, 7) is 12.0. The van der Waals surface area contributed by atoms with Crippen LogP contribution in [-0.2, 0) is 0 Å². The summed E-state index contributed by atoms with van der Waals surface area (Å²) in [4.78, 5) is 15.4. The molecule has 1 saturated carbocycles. The van der Waals surface area contributed by atoms with Crippen LogP contribution >= 0.6 is 15.9 Å². The minimum Gasteiger partial charge on any atom is -0.870 e. The molecule has 1 fully saturated rings. The number of nitrogens with zero attached hydrogens (tertiary/aromatic N) is 2. The number of benzene rings is 8. The van der Waals surface area contributed by atoms with Gasteiger partial charge in [-0.25, -0.2) is 4.79 Å². The fourth-order valence-electron chi connectivity index (χ4n) is 11.7. The molecule has 2 atom stereocenters. The molecule has 11 aromatic rings. The number of H-pyrrole nitrogens is 1. The monoisotopic (exact) mass is 1650 g/mol. The van der Waals surface area contributed by atoms with E-state index in [1.165, 1.54) is 148 Å². The van der Waals surface area contributed by atoms with Gasteiger partial charge in [0.2, 0.25) is 0 Å². The first kappa shape index (κ1) is 82.6. The van der Waals surface area contributed by atoms with Gasteiger partial charge in [0.1, 0.15) is 0 Å². The number of carboxylic acids is 1. The zero-order chi connectivity index (χ0) is 63.1. The van der Waals surface area contributed by atoms with Crippen LogP contribution in [0.15, 0.2) is 231 Å². The number of carboxylic acid groups (broad SMARTS) is 1. The van der Waals surface area contributed by atoms with Crippen molar-refractivity contribution in [2.45, 2.75) is 137 Å². The second-order valence-corrected chi connectivity index (χ2v) is 24.6. The number of anilines is 1. The van der Waals surface area contributed by atoms with Crippen LogP contribution < -0.4 is 74.6 Å². The molecule has 0 saturated heterocycles. The molecule has 8 N–H and O–H groups in total. The zero-order valence-electron chi connectivity index (χ0n) is 55.3. The van der Waals surface area contributed by atoms with Crippen LogP contribution in [0.4, 0.5) is 11.4 Å². The molecule has 3 aliphatic rings. The van der Waals surface area contributed by atoms with Gasteiger partial charge in [-0.2, -0.15) is 0 Å². The number of aromatic carboxylic acids is 1. The average molecular weight is 1660 g/mol. The average Bonchev–Trinajstić information content (AvgIpc) is 1.64. The summed E-state index contributed by atoms with van der Waals surface area (Å²) in [6, 6.07) is 71.6. The maximum Gasteiger partial charge on any atom is 1.00 e. The molecule has 94 heavy (non-hydrogen) atoms. The molecule has 12 heteroatoms. The number of nitrogens with one attached hydrogen (secondary N) is 2. The Labute approximate surface area is 664 Å². The number of nitrogen functional groups attached to an aromatic ring is 1. The zero-order valence-corrected chi connectivity index (χ0v) is 67.9. The van der Waals surface area contributed by atoms with E-state index in [4.69, 9.17) is 11.5 Å². The summed E-state index contributed by atoms with van der Waals surface area (Å²) in [7, 11) is 0. The summed E-state index contributed by atoms with van der Waals surface area (Å²) < 4.78 is 4.97. The van der Waals surface area contributed by atoms with Gasteiger partial charge in [0.15, 0.2) is 0 Å². The van der Waals surface area contributed by atoms with E-state index in [9.17, 15) is 9.90 Å². The van der Waals surface area contributed by atoms with Gasteiger partial charge in [-0.1, -0.05) is 228 Å². The summed E-state index contributed by atoms with van der Waals surface area (Å²) in [6.07, 6.45) is 27.7. The van der Waals surface area contributed by atoms with Crippen LogP contribution in [-0.4, -0.2) is 41.0 Å². The molecule has 14 rings (SSSR count). The van der Waals surface area contributed by atoms with Crippen molar-refractivity contribution >= 4 is 66.0 Å². The van der Waals surface area contributed by atoms with E-state index in [1.54, 1.807) is 19.1 Å². The fourth-order valence-corrected chi connectivity index (χ4v) is 12.2. The van der Waals surface area contributed by atoms with E-state index in [0.717, 1.165) is 22.2 Å². The largest absolute Gasteiger partial charge is 1.00 e. The third-order valence-corrected chi connectivity index (χ3v) is 17.0. The number of nitrogens with two attached hydrogens (primary N) is 1. The number of aryl methyl sites for hydroxylation is 5. The van der Waals surface area contributed by atoms with E-state index in [-0.39, 0.29) is 133 Å². The van der Waals surface area contributed by atoms with Gasteiger partial charge < -0.3 is 41.6 Å². The van der Waals surface area contributed by atoms with Gasteiger partial charge in [-0.15, -0.1) is 18.0 Å². The van der Waals surface area contributed by atoms with E-state index in [0.29, 0.717) is 28.2 Å². The maximum absolute atomic E-state index is 11.3. The molecule has 0 bridgehead atoms. The van der Waals surface area contributed by atoms with Crippen LogP contribution in [0.25, 0.3) is 72.2 Å². The molecule has 0 spiro atoms. The molecule has 485 valence electrons. The fraction of sp³-hybridized carbons (Fsp3) is 0.256. The van der Waals surface area contributed by atoms with Crippen LogP contribution in [0.1, 0.15) is 137 Å². The normalized spacial score (nSPS) is 14.1. The Kier molecular flexibility index (Phi) is 37.6. The Morgan fingerprint density at radius 3 is 1.56 bits per heavy atom. The molecule has 1 radical (unpaired) electrons. The molecular weight excluding hydrogens is 1560 g/mol. The van der Waals surface area contributed by atoms with Gasteiger partial charge in [0.05, 0.1) is 11.6 Å². The van der Waals surface area contributed by atoms with E-state index >= 15 is 0 Å². The number of fused-ring (bicyclic) bond motifs is 3. The molecule has 3 aromatic heterocycles. The van der Waals surface area contributed by atoms with Crippen LogP contribution in [0, 0.1) is 91.0 Å². The number of hydrogen-bond acceptors (Lipinski definition) is 3. The predicted octanol–water partition coefficient (Wildman–Crippen LogP) is 20.1. The van der Waals surface area contributed by atoms with Crippen molar-refractivity contribution in [2.75, 3.05) is 5.73 Å². The first-order valence-corrected chi connectivity index (χ1v) is 32.3. The smallest absolute Gasteiger partial charge is 0.870 e. The van der Waals surface area contributed by atoms with Crippen molar-refractivity contribution in [3.63, 3.8) is 0 Å². The third-order valence-electron chi connectivity index (χ3n) is 16.2. The number of allylic oxidation sites excluding steroid dienone is 4. The number of hydrogen-bond donors (Lipinski definition) is 3. The Morgan fingerprint density at radius 1 is 0.585 bits per heavy atom. The summed E-state index contributed by atoms with van der Waals surface area (Å²) >= 11 is 3.50. The standard InChI is InChI=1S/C21H21NO2.C21H21N.C15H13N.C8H10N.C7H9N.C6H9Br.C3H4.CH4.Ac.Cs.2H2O.H2/c23-21(24)16-11-12-19-17(13-16)14-20(15-7-3-1-4-8-15)22(19)18-9-5-2-6-10-18;1-16-12-13-20-18(14-16)15-21(17-8-4-2-5-9-17)22(20)19-10-6-3-7-11-19;1-11-7-8-14-13(9-11)10-15(16-14)12-5-3-2-4-6-12;1-6-3-4-8(9)7(2)5-6;1-6-2-4-7(8)5-3-6;7-6-4-2-1-3-5-6;1-3-2;;;;;;/h1,3-4,7-8,11-14,18H,2,5-6,9-10H2,(H,23,24);2,4-6,8-10,12-15,19H,3,7,11H2,1H3;2-10,16H,1H3;3-5,9H,1-2H3;2-5H,8H2,1H3;2,4,6H,1,3,5H2;1H,2H3;1H4;;;2*1H2;1H/q;;;-1;;;;;;+1;;;/p-1. The topological polar surface area (TPSA) is 174 Å². The minimum absolute atomic E-state index is 0. The quantitative estimate of drug-likeness (QED) is 0.0651. The molecular formula is C82H96AcBrCsN5O4-. The van der Waals surface area contributed by atoms with Crippen molar-refractivity contribution in [3.05, 3.63) is 270 Å². The van der Waals surface area contributed by atoms with E-state index < -0.39 is 5.97 Å². The number of carbonyl (C=O) groups is 1. The molecule has 3 aliphatic carbocycles. The predicted molar refractivity (Wildman–Crippen MR) is 399 cm³/mol. The number of aromatic amines is 1. The van der Waals surface area contributed by atoms with Gasteiger partial charge >= 0.3 is 74.9 Å². The number of aromatic nitrogens is 3. The van der Waals surface area contributed by atoms with Crippen molar-refractivity contribution in [1.29, 1.82) is 0 Å². The number of alkyl halides is 1.